The maximum absolute atomic E-state index is 9.77. The molecule has 0 fully saturated rings. The Balaban J connectivity index is 1.88. The molecule has 4 heteroatoms. The first-order chi connectivity index (χ1) is 10.1. The van der Waals surface area contributed by atoms with Crippen LogP contribution in [0.1, 0.15) is 11.1 Å². The molecule has 0 amide bonds. The van der Waals surface area contributed by atoms with Gasteiger partial charge in [0.2, 0.25) is 0 Å². The van der Waals surface area contributed by atoms with Gasteiger partial charge >= 0.3 is 0 Å². The quantitative estimate of drug-likeness (QED) is 0.858. The lowest BCUT2D eigenvalue weighted by atomic mass is 10.1. The maximum Gasteiger partial charge on any atom is 0.160 e. The molecule has 0 aromatic heterocycles. The number of phenolic OH excluding ortho intramolecular Hbond substituents is 2. The van der Waals surface area contributed by atoms with E-state index in [-0.39, 0.29) is 5.75 Å². The molecule has 0 radical (unpaired) electrons. The first kappa shape index (κ1) is 15.2. The standard InChI is InChI=1S/C17H21NO3/c1-18(10-9-13-3-6-15(19)7-4-13)12-14-5-8-17(21-2)16(20)11-14/h3-8,11,19-20H,9-10,12H2,1-2H3. The number of hydrogen-bond donors (Lipinski definition) is 2. The van der Waals surface area contributed by atoms with E-state index in [1.165, 1.54) is 5.56 Å². The number of rotatable bonds is 6. The molecular formula is C17H21NO3. The molecule has 0 atom stereocenters. The topological polar surface area (TPSA) is 52.9 Å². The summed E-state index contributed by atoms with van der Waals surface area (Å²) in [7, 11) is 3.58. The third kappa shape index (κ3) is 4.39. The van der Waals surface area contributed by atoms with Crippen molar-refractivity contribution in [2.24, 2.45) is 0 Å². The Hall–Kier alpha value is -2.20. The van der Waals surface area contributed by atoms with Crippen LogP contribution in [0.25, 0.3) is 0 Å². The van der Waals surface area contributed by atoms with Gasteiger partial charge in [-0.2, -0.15) is 0 Å². The first-order valence-electron chi connectivity index (χ1n) is 6.91. The minimum Gasteiger partial charge on any atom is -0.508 e. The van der Waals surface area contributed by atoms with Crippen molar-refractivity contribution in [2.45, 2.75) is 13.0 Å². The number of hydrogen-bond acceptors (Lipinski definition) is 4. The summed E-state index contributed by atoms with van der Waals surface area (Å²) in [6.45, 7) is 1.66. The highest BCUT2D eigenvalue weighted by atomic mass is 16.5. The molecule has 0 aliphatic rings. The summed E-state index contributed by atoms with van der Waals surface area (Å²) in [5.41, 5.74) is 2.23. The van der Waals surface area contributed by atoms with E-state index in [2.05, 4.69) is 4.90 Å². The third-order valence-electron chi connectivity index (χ3n) is 3.41. The molecule has 0 unspecified atom stereocenters. The molecule has 2 N–H and O–H groups in total. The summed E-state index contributed by atoms with van der Waals surface area (Å²) in [5, 5.41) is 19.0. The molecule has 0 heterocycles. The van der Waals surface area contributed by atoms with E-state index in [4.69, 9.17) is 4.74 Å². The molecule has 0 saturated heterocycles. The predicted octanol–water partition coefficient (Wildman–Crippen LogP) is 2.78. The Kier molecular flexibility index (Phi) is 5.06. The summed E-state index contributed by atoms with van der Waals surface area (Å²) >= 11 is 0. The lowest BCUT2D eigenvalue weighted by Gasteiger charge is -2.17. The number of nitrogens with zero attached hydrogens (tertiary/aromatic N) is 1. The monoisotopic (exact) mass is 287 g/mol. The van der Waals surface area contributed by atoms with Crippen molar-refractivity contribution in [3.8, 4) is 17.2 Å². The molecule has 112 valence electrons. The average Bonchev–Trinajstić information content (AvgIpc) is 2.47. The van der Waals surface area contributed by atoms with Crippen molar-refractivity contribution in [3.05, 3.63) is 53.6 Å². The Bertz CT molecular complexity index is 581. The highest BCUT2D eigenvalue weighted by Gasteiger charge is 2.05. The van der Waals surface area contributed by atoms with Crippen molar-refractivity contribution in [1.82, 2.24) is 4.90 Å². The maximum atomic E-state index is 9.77. The number of ether oxygens (including phenoxy) is 1. The van der Waals surface area contributed by atoms with Crippen LogP contribution in [0.5, 0.6) is 17.2 Å². The predicted molar refractivity (Wildman–Crippen MR) is 82.8 cm³/mol. The average molecular weight is 287 g/mol. The van der Waals surface area contributed by atoms with Crippen LogP contribution in [0.4, 0.5) is 0 Å². The molecule has 0 bridgehead atoms. The molecule has 21 heavy (non-hydrogen) atoms. The van der Waals surface area contributed by atoms with Crippen LogP contribution in [-0.4, -0.2) is 35.8 Å². The summed E-state index contributed by atoms with van der Waals surface area (Å²) in [6.07, 6.45) is 0.916. The van der Waals surface area contributed by atoms with Gasteiger partial charge < -0.3 is 19.8 Å². The van der Waals surface area contributed by atoms with Crippen molar-refractivity contribution in [2.75, 3.05) is 20.7 Å². The van der Waals surface area contributed by atoms with E-state index in [1.54, 1.807) is 31.4 Å². The van der Waals surface area contributed by atoms with Crippen molar-refractivity contribution in [3.63, 3.8) is 0 Å². The van der Waals surface area contributed by atoms with Crippen LogP contribution in [0.2, 0.25) is 0 Å². The number of methoxy groups -OCH3 is 1. The Morgan fingerprint density at radius 1 is 1.00 bits per heavy atom. The van der Waals surface area contributed by atoms with Crippen LogP contribution in [-0.2, 0) is 13.0 Å². The number of benzene rings is 2. The lowest BCUT2D eigenvalue weighted by Crippen LogP contribution is -2.20. The zero-order chi connectivity index (χ0) is 15.2. The SMILES string of the molecule is COc1ccc(CN(C)CCc2ccc(O)cc2)cc1O. The molecule has 4 nitrogen and oxygen atoms in total. The van der Waals surface area contributed by atoms with Crippen molar-refractivity contribution >= 4 is 0 Å². The first-order valence-corrected chi connectivity index (χ1v) is 6.91. The van der Waals surface area contributed by atoms with Crippen molar-refractivity contribution in [1.29, 1.82) is 0 Å². The molecule has 2 rings (SSSR count). The fraction of sp³-hybridized carbons (Fsp3) is 0.294. The highest BCUT2D eigenvalue weighted by molar-refractivity contribution is 5.41. The molecule has 0 aliphatic heterocycles. The summed E-state index contributed by atoms with van der Waals surface area (Å²) in [6, 6.07) is 12.7. The van der Waals surface area contributed by atoms with Crippen LogP contribution in [0, 0.1) is 0 Å². The third-order valence-corrected chi connectivity index (χ3v) is 3.41. The van der Waals surface area contributed by atoms with Crippen molar-refractivity contribution < 1.29 is 14.9 Å². The van der Waals surface area contributed by atoms with Crippen LogP contribution in [0.3, 0.4) is 0 Å². The molecule has 2 aromatic rings. The second-order valence-electron chi connectivity index (χ2n) is 5.16. The van der Waals surface area contributed by atoms with Gasteiger partial charge in [0, 0.05) is 13.1 Å². The minimum absolute atomic E-state index is 0.168. The van der Waals surface area contributed by atoms with Gasteiger partial charge in [-0.15, -0.1) is 0 Å². The summed E-state index contributed by atoms with van der Waals surface area (Å²) < 4.78 is 5.04. The minimum atomic E-state index is 0.168. The normalized spacial score (nSPS) is 10.8. The molecule has 0 aliphatic carbocycles. The smallest absolute Gasteiger partial charge is 0.160 e. The Morgan fingerprint density at radius 2 is 1.67 bits per heavy atom. The molecule has 0 spiro atoms. The van der Waals surface area contributed by atoms with E-state index in [0.717, 1.165) is 25.1 Å². The van der Waals surface area contributed by atoms with Crippen LogP contribution in [0.15, 0.2) is 42.5 Å². The second-order valence-corrected chi connectivity index (χ2v) is 5.16. The fourth-order valence-corrected chi connectivity index (χ4v) is 2.21. The number of likely N-dealkylation sites (N-methyl/N-ethyl adjacent to an activating group) is 1. The van der Waals surface area contributed by atoms with Gasteiger partial charge in [0.05, 0.1) is 7.11 Å². The van der Waals surface area contributed by atoms with Gasteiger partial charge in [-0.3, -0.25) is 0 Å². The second kappa shape index (κ2) is 6.99. The highest BCUT2D eigenvalue weighted by Crippen LogP contribution is 2.26. The lowest BCUT2D eigenvalue weighted by molar-refractivity contribution is 0.329. The molecule has 2 aromatic carbocycles. The fourth-order valence-electron chi connectivity index (χ4n) is 2.21. The van der Waals surface area contributed by atoms with Gasteiger partial charge in [-0.05, 0) is 48.9 Å². The van der Waals surface area contributed by atoms with Gasteiger partial charge in [-0.1, -0.05) is 18.2 Å². The van der Waals surface area contributed by atoms with Crippen LogP contribution >= 0.6 is 0 Å². The van der Waals surface area contributed by atoms with Gasteiger partial charge in [-0.25, -0.2) is 0 Å². The number of aromatic hydroxyl groups is 2. The molecular weight excluding hydrogens is 266 g/mol. The van der Waals surface area contributed by atoms with E-state index in [9.17, 15) is 10.2 Å². The summed E-state index contributed by atoms with van der Waals surface area (Å²) in [4.78, 5) is 2.19. The number of phenols is 2. The van der Waals surface area contributed by atoms with Crippen LogP contribution < -0.4 is 4.74 Å². The van der Waals surface area contributed by atoms with Gasteiger partial charge in [0.25, 0.3) is 0 Å². The Labute approximate surface area is 125 Å². The van der Waals surface area contributed by atoms with E-state index in [0.29, 0.717) is 11.5 Å². The van der Waals surface area contributed by atoms with E-state index < -0.39 is 0 Å². The summed E-state index contributed by atoms with van der Waals surface area (Å²) in [5.74, 6) is 0.952. The largest absolute Gasteiger partial charge is 0.508 e. The Morgan fingerprint density at radius 3 is 2.29 bits per heavy atom. The zero-order valence-electron chi connectivity index (χ0n) is 12.4. The van der Waals surface area contributed by atoms with E-state index in [1.807, 2.05) is 25.2 Å². The molecule has 0 saturated carbocycles. The zero-order valence-corrected chi connectivity index (χ0v) is 12.4. The van der Waals surface area contributed by atoms with Gasteiger partial charge in [0.1, 0.15) is 5.75 Å². The van der Waals surface area contributed by atoms with E-state index >= 15 is 0 Å². The van der Waals surface area contributed by atoms with Gasteiger partial charge in [0.15, 0.2) is 11.5 Å².